The second kappa shape index (κ2) is 9.15. The number of nitrogens with two attached hydrogens (primary N) is 1. The van der Waals surface area contributed by atoms with Crippen molar-refractivity contribution in [3.05, 3.63) is 102 Å². The molecule has 6 rings (SSSR count). The average Bonchev–Trinajstić information content (AvgIpc) is 3.35. The van der Waals surface area contributed by atoms with Crippen LogP contribution in [0.3, 0.4) is 0 Å². The second-order valence-corrected chi connectivity index (χ2v) is 8.67. The van der Waals surface area contributed by atoms with Gasteiger partial charge in [-0.25, -0.2) is 9.97 Å². The quantitative estimate of drug-likeness (QED) is 0.426. The van der Waals surface area contributed by atoms with Gasteiger partial charge in [0, 0.05) is 26.2 Å². The van der Waals surface area contributed by atoms with Crippen LogP contribution in [0.2, 0.25) is 0 Å². The van der Waals surface area contributed by atoms with Crippen molar-refractivity contribution in [1.29, 1.82) is 0 Å². The molecule has 8 nitrogen and oxygen atoms in total. The maximum absolute atomic E-state index is 6.60. The van der Waals surface area contributed by atoms with E-state index in [2.05, 4.69) is 90.7 Å². The van der Waals surface area contributed by atoms with Gasteiger partial charge in [0.15, 0.2) is 11.6 Å². The molecule has 0 saturated carbocycles. The fraction of sp³-hybridized carbons (Fsp3) is 0.185. The zero-order valence-electron chi connectivity index (χ0n) is 19.3. The van der Waals surface area contributed by atoms with Gasteiger partial charge in [0.25, 0.3) is 0 Å². The van der Waals surface area contributed by atoms with Crippen molar-refractivity contribution in [3.63, 3.8) is 0 Å². The van der Waals surface area contributed by atoms with Crippen LogP contribution in [0.15, 0.2) is 91.3 Å². The first-order valence-electron chi connectivity index (χ1n) is 11.8. The molecule has 1 saturated heterocycles. The summed E-state index contributed by atoms with van der Waals surface area (Å²) in [5.41, 5.74) is 11.4. The Morgan fingerprint density at radius 2 is 1.29 bits per heavy atom. The fourth-order valence-corrected chi connectivity index (χ4v) is 4.90. The van der Waals surface area contributed by atoms with Crippen LogP contribution in [0.1, 0.15) is 17.2 Å². The van der Waals surface area contributed by atoms with Gasteiger partial charge in [-0.3, -0.25) is 4.90 Å². The largest absolute Gasteiger partial charge is 0.393 e. The Morgan fingerprint density at radius 3 is 1.97 bits per heavy atom. The van der Waals surface area contributed by atoms with Gasteiger partial charge < -0.3 is 10.6 Å². The molecule has 1 aliphatic rings. The van der Waals surface area contributed by atoms with Crippen molar-refractivity contribution >= 4 is 22.5 Å². The molecule has 35 heavy (non-hydrogen) atoms. The monoisotopic (exact) mass is 462 g/mol. The Labute approximate surface area is 203 Å². The van der Waals surface area contributed by atoms with Gasteiger partial charge in [0.05, 0.1) is 11.6 Å². The van der Waals surface area contributed by atoms with Gasteiger partial charge in [-0.15, -0.1) is 5.10 Å². The summed E-state index contributed by atoms with van der Waals surface area (Å²) in [7, 11) is 0. The van der Waals surface area contributed by atoms with Crippen LogP contribution in [0.5, 0.6) is 0 Å². The number of rotatable bonds is 5. The summed E-state index contributed by atoms with van der Waals surface area (Å²) in [6, 6.07) is 29.4. The highest BCUT2D eigenvalue weighted by atomic mass is 15.5. The average molecular weight is 463 g/mol. The summed E-state index contributed by atoms with van der Waals surface area (Å²) in [6.45, 7) is 3.41. The van der Waals surface area contributed by atoms with Crippen LogP contribution in [-0.4, -0.2) is 56.0 Å². The first kappa shape index (κ1) is 21.2. The van der Waals surface area contributed by atoms with E-state index in [0.29, 0.717) is 11.5 Å². The summed E-state index contributed by atoms with van der Waals surface area (Å²) in [5, 5.41) is 8.53. The molecule has 1 fully saturated rings. The van der Waals surface area contributed by atoms with Crippen molar-refractivity contribution in [2.45, 2.75) is 6.04 Å². The minimum atomic E-state index is 0.208. The molecular weight excluding hydrogens is 436 g/mol. The number of hydrogen-bond donors (Lipinski definition) is 1. The normalized spacial score (nSPS) is 14.6. The van der Waals surface area contributed by atoms with Crippen molar-refractivity contribution in [1.82, 2.24) is 29.9 Å². The molecule has 8 heteroatoms. The number of fused-ring (bicyclic) bond motifs is 1. The standard InChI is InChI=1S/C27H26N8/c28-24-26(29-19-30-27(24)35-23-14-8-7-13-22(23)31-32-35)34-17-15-33(16-18-34)25(20-9-3-1-4-10-20)21-11-5-2-6-12-21/h1-14,19,25H,15-18,28H2. The number of aromatic nitrogens is 5. The molecule has 2 N–H and O–H groups in total. The summed E-state index contributed by atoms with van der Waals surface area (Å²) in [4.78, 5) is 13.8. The Bertz CT molecular complexity index is 1390. The van der Waals surface area contributed by atoms with Gasteiger partial charge in [-0.2, -0.15) is 4.68 Å². The fourth-order valence-electron chi connectivity index (χ4n) is 4.90. The summed E-state index contributed by atoms with van der Waals surface area (Å²) >= 11 is 0. The predicted molar refractivity (Wildman–Crippen MR) is 137 cm³/mol. The van der Waals surface area contributed by atoms with E-state index in [1.165, 1.54) is 11.1 Å². The van der Waals surface area contributed by atoms with Crippen molar-refractivity contribution in [3.8, 4) is 5.82 Å². The van der Waals surface area contributed by atoms with E-state index in [1.54, 1.807) is 11.0 Å². The van der Waals surface area contributed by atoms with Crippen LogP contribution in [0.25, 0.3) is 16.9 Å². The van der Waals surface area contributed by atoms with E-state index in [4.69, 9.17) is 5.73 Å². The third-order valence-electron chi connectivity index (χ3n) is 6.60. The number of hydrogen-bond acceptors (Lipinski definition) is 7. The molecule has 0 bridgehead atoms. The first-order valence-corrected chi connectivity index (χ1v) is 11.8. The summed E-state index contributed by atoms with van der Waals surface area (Å²) < 4.78 is 1.69. The summed E-state index contributed by atoms with van der Waals surface area (Å²) in [6.07, 6.45) is 1.56. The van der Waals surface area contributed by atoms with Gasteiger partial charge in [-0.1, -0.05) is 78.0 Å². The van der Waals surface area contributed by atoms with E-state index in [0.717, 1.165) is 43.0 Å². The van der Waals surface area contributed by atoms with Gasteiger partial charge in [-0.05, 0) is 23.3 Å². The predicted octanol–water partition coefficient (Wildman–Crippen LogP) is 3.70. The number of nitrogen functional groups attached to an aromatic ring is 1. The van der Waals surface area contributed by atoms with E-state index >= 15 is 0 Å². The third-order valence-corrected chi connectivity index (χ3v) is 6.60. The first-order chi connectivity index (χ1) is 17.3. The maximum Gasteiger partial charge on any atom is 0.184 e. The molecular formula is C27H26N8. The van der Waals surface area contributed by atoms with Crippen molar-refractivity contribution in [2.75, 3.05) is 36.8 Å². The van der Waals surface area contributed by atoms with Gasteiger partial charge in [0.2, 0.25) is 0 Å². The Morgan fingerprint density at radius 1 is 0.686 bits per heavy atom. The lowest BCUT2D eigenvalue weighted by molar-refractivity contribution is 0.212. The Hall–Kier alpha value is -4.30. The van der Waals surface area contributed by atoms with Crippen LogP contribution in [0.4, 0.5) is 11.5 Å². The van der Waals surface area contributed by atoms with E-state index < -0.39 is 0 Å². The minimum Gasteiger partial charge on any atom is -0.393 e. The topological polar surface area (TPSA) is 89.0 Å². The van der Waals surface area contributed by atoms with Crippen LogP contribution >= 0.6 is 0 Å². The number of para-hydroxylation sites is 1. The highest BCUT2D eigenvalue weighted by Crippen LogP contribution is 2.32. The van der Waals surface area contributed by atoms with Crippen molar-refractivity contribution < 1.29 is 0 Å². The SMILES string of the molecule is Nc1c(N2CCN(C(c3ccccc3)c3ccccc3)CC2)ncnc1-n1nnc2ccccc21. The number of nitrogens with zero attached hydrogens (tertiary/aromatic N) is 7. The molecule has 0 atom stereocenters. The number of piperazine rings is 1. The molecule has 0 unspecified atom stereocenters. The lowest BCUT2D eigenvalue weighted by Crippen LogP contribution is -2.48. The highest BCUT2D eigenvalue weighted by molar-refractivity contribution is 5.79. The van der Waals surface area contributed by atoms with Gasteiger partial charge >= 0.3 is 0 Å². The molecule has 0 radical (unpaired) electrons. The molecule has 1 aliphatic heterocycles. The van der Waals surface area contributed by atoms with Gasteiger partial charge in [0.1, 0.15) is 17.5 Å². The molecule has 0 spiro atoms. The van der Waals surface area contributed by atoms with E-state index in [-0.39, 0.29) is 6.04 Å². The third kappa shape index (κ3) is 3.98. The molecule has 5 aromatic rings. The zero-order valence-corrected chi connectivity index (χ0v) is 19.3. The molecule has 2 aromatic heterocycles. The molecule has 0 aliphatic carbocycles. The summed E-state index contributed by atoms with van der Waals surface area (Å²) in [5.74, 6) is 1.29. The molecule has 3 aromatic carbocycles. The number of anilines is 2. The second-order valence-electron chi connectivity index (χ2n) is 8.67. The number of benzene rings is 3. The zero-order chi connectivity index (χ0) is 23.6. The minimum absolute atomic E-state index is 0.208. The Balaban J connectivity index is 1.26. The lowest BCUT2D eigenvalue weighted by Gasteiger charge is -2.40. The maximum atomic E-state index is 6.60. The molecule has 0 amide bonds. The van der Waals surface area contributed by atoms with Crippen LogP contribution in [-0.2, 0) is 0 Å². The smallest absolute Gasteiger partial charge is 0.184 e. The molecule has 174 valence electrons. The highest BCUT2D eigenvalue weighted by Gasteiger charge is 2.28. The van der Waals surface area contributed by atoms with Crippen LogP contribution < -0.4 is 10.6 Å². The van der Waals surface area contributed by atoms with Crippen molar-refractivity contribution in [2.24, 2.45) is 0 Å². The van der Waals surface area contributed by atoms with E-state index in [9.17, 15) is 0 Å². The lowest BCUT2D eigenvalue weighted by atomic mass is 9.96. The Kier molecular flexibility index (Phi) is 5.56. The molecule has 3 heterocycles. The van der Waals surface area contributed by atoms with Crippen LogP contribution in [0, 0.1) is 0 Å². The van der Waals surface area contributed by atoms with E-state index in [1.807, 2.05) is 24.3 Å².